The Morgan fingerprint density at radius 2 is 1.81 bits per heavy atom. The second kappa shape index (κ2) is 6.27. The Balaban J connectivity index is 3.92. The van der Waals surface area contributed by atoms with Gasteiger partial charge < -0.3 is 19.4 Å². The Bertz CT molecular complexity index is 344. The van der Waals surface area contributed by atoms with Gasteiger partial charge in [0.05, 0.1) is 6.61 Å². The van der Waals surface area contributed by atoms with Crippen molar-refractivity contribution in [3.63, 3.8) is 0 Å². The number of hydrogen-bond acceptors (Lipinski definition) is 6. The van der Waals surface area contributed by atoms with Gasteiger partial charge in [-0.05, 0) is 0 Å². The largest absolute Gasteiger partial charge is 0.481 e. The van der Waals surface area contributed by atoms with E-state index in [-0.39, 0.29) is 6.61 Å². The summed E-state index contributed by atoms with van der Waals surface area (Å²) < 4.78 is 32.9. The first-order valence-electron chi connectivity index (χ1n) is 3.70. The lowest BCUT2D eigenvalue weighted by atomic mass is 10.6. The fraction of sp³-hybridized carbons (Fsp3) is 0.400. The Morgan fingerprint density at radius 1 is 1.25 bits per heavy atom. The normalized spacial score (nSPS) is 15.2. The van der Waals surface area contributed by atoms with E-state index < -0.39 is 28.2 Å². The van der Waals surface area contributed by atoms with E-state index in [1.54, 1.807) is 0 Å². The van der Waals surface area contributed by atoms with Gasteiger partial charge in [0.25, 0.3) is 0 Å². The molecule has 0 aromatic rings. The van der Waals surface area contributed by atoms with Crippen LogP contribution in [-0.4, -0.2) is 33.9 Å². The zero-order chi connectivity index (χ0) is 12.8. The smallest absolute Gasteiger partial charge is 0.460 e. The van der Waals surface area contributed by atoms with Gasteiger partial charge >= 0.3 is 21.6 Å². The van der Waals surface area contributed by atoms with Crippen molar-refractivity contribution in [1.82, 2.24) is 0 Å². The van der Waals surface area contributed by atoms with E-state index in [1.807, 2.05) is 0 Å². The minimum atomic E-state index is -5.12. The third-order valence-electron chi connectivity index (χ3n) is 0.958. The molecular formula is C5H10O9P2. The van der Waals surface area contributed by atoms with E-state index in [4.69, 9.17) is 14.7 Å². The maximum absolute atomic E-state index is 10.8. The summed E-state index contributed by atoms with van der Waals surface area (Å²) in [4.78, 5) is 35.6. The highest BCUT2D eigenvalue weighted by Crippen LogP contribution is 2.57. The van der Waals surface area contributed by atoms with Crippen LogP contribution in [0.2, 0.25) is 0 Å². The summed E-state index contributed by atoms with van der Waals surface area (Å²) in [6, 6.07) is 0. The molecule has 0 saturated heterocycles. The fourth-order valence-electron chi connectivity index (χ4n) is 0.512. The lowest BCUT2D eigenvalue weighted by molar-refractivity contribution is -0.138. The molecule has 0 bridgehead atoms. The Kier molecular flexibility index (Phi) is 6.06. The number of esters is 1. The van der Waals surface area contributed by atoms with Gasteiger partial charge in [-0.15, -0.1) is 0 Å². The summed E-state index contributed by atoms with van der Waals surface area (Å²) in [6.07, 6.45) is 0.866. The molecule has 0 spiro atoms. The Morgan fingerprint density at radius 3 is 2.25 bits per heavy atom. The zero-order valence-corrected chi connectivity index (χ0v) is 9.67. The Labute approximate surface area is 90.5 Å². The first-order valence-corrected chi connectivity index (χ1v) is 6.72. The fourth-order valence-corrected chi connectivity index (χ4v) is 2.08. The molecule has 0 aliphatic heterocycles. The lowest BCUT2D eigenvalue weighted by Gasteiger charge is -2.11. The minimum absolute atomic E-state index is 0.389. The molecule has 0 fully saturated rings. The molecule has 1 unspecified atom stereocenters. The maximum Gasteiger partial charge on any atom is 0.481 e. The van der Waals surface area contributed by atoms with E-state index in [0.29, 0.717) is 0 Å². The van der Waals surface area contributed by atoms with E-state index >= 15 is 0 Å². The molecule has 9 nitrogen and oxygen atoms in total. The molecule has 0 radical (unpaired) electrons. The van der Waals surface area contributed by atoms with Crippen LogP contribution in [0.4, 0.5) is 0 Å². The molecular weight excluding hydrogens is 266 g/mol. The van der Waals surface area contributed by atoms with Crippen LogP contribution in [0.5, 0.6) is 0 Å². The molecule has 0 aromatic carbocycles. The van der Waals surface area contributed by atoms with Crippen molar-refractivity contribution >= 4 is 21.6 Å². The number of ether oxygens (including phenoxy) is 1. The second-order valence-electron chi connectivity index (χ2n) is 2.25. The molecule has 3 N–H and O–H groups in total. The van der Waals surface area contributed by atoms with Crippen molar-refractivity contribution in [2.45, 2.75) is 0 Å². The van der Waals surface area contributed by atoms with Crippen molar-refractivity contribution in [2.75, 3.05) is 13.2 Å². The van der Waals surface area contributed by atoms with Gasteiger partial charge in [-0.25, -0.2) is 13.9 Å². The molecule has 0 aliphatic carbocycles. The summed E-state index contributed by atoms with van der Waals surface area (Å²) in [5.41, 5.74) is 0. The van der Waals surface area contributed by atoms with Gasteiger partial charge in [-0.1, -0.05) is 6.58 Å². The number of hydrogen-bond donors (Lipinski definition) is 3. The Hall–Kier alpha value is -0.530. The monoisotopic (exact) mass is 276 g/mol. The van der Waals surface area contributed by atoms with Gasteiger partial charge in [-0.3, -0.25) is 4.52 Å². The number of phosphoric acid groups is 2. The molecule has 1 atom stereocenters. The first-order chi connectivity index (χ1) is 7.16. The van der Waals surface area contributed by atoms with Crippen LogP contribution >= 0.6 is 15.6 Å². The van der Waals surface area contributed by atoms with Crippen molar-refractivity contribution in [3.05, 3.63) is 12.7 Å². The van der Waals surface area contributed by atoms with Gasteiger partial charge in [0.2, 0.25) is 0 Å². The van der Waals surface area contributed by atoms with Gasteiger partial charge in [0.15, 0.2) is 0 Å². The highest BCUT2D eigenvalue weighted by Gasteiger charge is 2.32. The van der Waals surface area contributed by atoms with Crippen LogP contribution in [0.1, 0.15) is 0 Å². The van der Waals surface area contributed by atoms with E-state index in [9.17, 15) is 13.9 Å². The van der Waals surface area contributed by atoms with Crippen molar-refractivity contribution in [3.8, 4) is 0 Å². The van der Waals surface area contributed by atoms with Crippen molar-refractivity contribution in [2.24, 2.45) is 0 Å². The molecule has 0 saturated carbocycles. The number of carbonyl (C=O) groups is 1. The van der Waals surface area contributed by atoms with Crippen LogP contribution in [0.15, 0.2) is 12.7 Å². The highest BCUT2D eigenvalue weighted by molar-refractivity contribution is 7.60. The second-order valence-corrected chi connectivity index (χ2v) is 5.08. The number of carbonyl (C=O) groups excluding carboxylic acids is 1. The van der Waals surface area contributed by atoms with Gasteiger partial charge in [0, 0.05) is 6.08 Å². The summed E-state index contributed by atoms with van der Waals surface area (Å²) in [7, 11) is -9.99. The standard InChI is InChI=1S/C5H10O9P2/c1-2-5(6)12-3-4-13-16(10,11)14-15(7,8)9/h2H,1,3-4H2,(H,10,11)(H2,7,8,9). The summed E-state index contributed by atoms with van der Waals surface area (Å²) in [6.45, 7) is 2.14. The summed E-state index contributed by atoms with van der Waals surface area (Å²) in [5, 5.41) is 0. The SMILES string of the molecule is C=CC(=O)OCCOP(=O)(O)OP(=O)(O)O. The number of phosphoric ester groups is 1. The molecule has 11 heteroatoms. The average Bonchev–Trinajstić information content (AvgIpc) is 2.08. The summed E-state index contributed by atoms with van der Waals surface area (Å²) in [5.74, 6) is -0.771. The molecule has 0 heterocycles. The van der Waals surface area contributed by atoms with Crippen LogP contribution in [0.25, 0.3) is 0 Å². The third kappa shape index (κ3) is 8.75. The van der Waals surface area contributed by atoms with Crippen LogP contribution in [0.3, 0.4) is 0 Å². The van der Waals surface area contributed by atoms with Gasteiger partial charge in [-0.2, -0.15) is 4.31 Å². The predicted octanol–water partition coefficient (Wildman–Crippen LogP) is -0.0581. The quantitative estimate of drug-likeness (QED) is 0.252. The van der Waals surface area contributed by atoms with E-state index in [2.05, 4.69) is 20.2 Å². The van der Waals surface area contributed by atoms with Crippen LogP contribution in [0, 0.1) is 0 Å². The predicted molar refractivity (Wildman–Crippen MR) is 50.1 cm³/mol. The van der Waals surface area contributed by atoms with Crippen LogP contribution in [-0.2, 0) is 27.5 Å². The summed E-state index contributed by atoms with van der Waals surface area (Å²) >= 11 is 0. The minimum Gasteiger partial charge on any atom is -0.460 e. The first kappa shape index (κ1) is 15.5. The molecule has 0 aromatic heterocycles. The van der Waals surface area contributed by atoms with Gasteiger partial charge in [0.1, 0.15) is 6.61 Å². The lowest BCUT2D eigenvalue weighted by Crippen LogP contribution is -2.07. The average molecular weight is 276 g/mol. The van der Waals surface area contributed by atoms with E-state index in [1.165, 1.54) is 0 Å². The van der Waals surface area contributed by atoms with Crippen molar-refractivity contribution in [1.29, 1.82) is 0 Å². The molecule has 0 rings (SSSR count). The topological polar surface area (TPSA) is 140 Å². The third-order valence-corrected chi connectivity index (χ3v) is 3.14. The van der Waals surface area contributed by atoms with Crippen LogP contribution < -0.4 is 0 Å². The number of rotatable bonds is 7. The highest BCUT2D eigenvalue weighted by atomic mass is 31.3. The molecule has 0 amide bonds. The van der Waals surface area contributed by atoms with E-state index in [0.717, 1.165) is 6.08 Å². The maximum atomic E-state index is 10.8. The molecule has 16 heavy (non-hydrogen) atoms. The molecule has 94 valence electrons. The zero-order valence-electron chi connectivity index (χ0n) is 7.88. The molecule has 0 aliphatic rings. The van der Waals surface area contributed by atoms with Crippen molar-refractivity contribution < 1.29 is 42.2 Å².